The first-order chi connectivity index (χ1) is 13.2. The van der Waals surface area contributed by atoms with E-state index in [1.165, 1.54) is 10.4 Å². The lowest BCUT2D eigenvalue weighted by Crippen LogP contribution is -2.27. The fraction of sp³-hybridized carbons (Fsp3) is 0.333. The van der Waals surface area contributed by atoms with E-state index in [1.54, 1.807) is 24.3 Å². The number of carbonyl (C=O) groups is 2. The molecule has 3 rings (SSSR count). The van der Waals surface area contributed by atoms with Gasteiger partial charge >= 0.3 is 5.97 Å². The van der Waals surface area contributed by atoms with Gasteiger partial charge in [-0.05, 0) is 41.7 Å². The quantitative estimate of drug-likeness (QED) is 0.549. The molecule has 0 fully saturated rings. The second-order valence-electron chi connectivity index (χ2n) is 7.20. The first-order valence-corrected chi connectivity index (χ1v) is 10.9. The molecule has 0 aliphatic carbocycles. The molecule has 0 saturated heterocycles. The van der Waals surface area contributed by atoms with E-state index >= 15 is 0 Å². The molecule has 0 N–H and O–H groups in total. The Hall–Kier alpha value is -2.67. The van der Waals surface area contributed by atoms with Crippen LogP contribution < -0.4 is 4.31 Å². The van der Waals surface area contributed by atoms with Gasteiger partial charge in [-0.25, -0.2) is 13.2 Å². The lowest BCUT2D eigenvalue weighted by atomic mass is 10.0. The zero-order valence-electron chi connectivity index (χ0n) is 16.1. The number of nitrogens with zero attached hydrogens (tertiary/aromatic N) is 1. The highest BCUT2D eigenvalue weighted by molar-refractivity contribution is 7.92. The molecule has 0 aromatic heterocycles. The molecule has 2 aromatic rings. The first kappa shape index (κ1) is 20.1. The summed E-state index contributed by atoms with van der Waals surface area (Å²) >= 11 is 0. The van der Waals surface area contributed by atoms with Crippen molar-refractivity contribution in [3.63, 3.8) is 0 Å². The van der Waals surface area contributed by atoms with Crippen LogP contribution in [0.15, 0.2) is 42.5 Å². The summed E-state index contributed by atoms with van der Waals surface area (Å²) in [7, 11) is -3.34. The lowest BCUT2D eigenvalue weighted by Gasteiger charge is -2.16. The van der Waals surface area contributed by atoms with Crippen LogP contribution in [-0.4, -0.2) is 39.6 Å². The summed E-state index contributed by atoms with van der Waals surface area (Å²) in [6.45, 7) is 4.17. The number of fused-ring (bicyclic) bond motifs is 1. The van der Waals surface area contributed by atoms with Crippen molar-refractivity contribution in [2.24, 2.45) is 0 Å². The van der Waals surface area contributed by atoms with Crippen LogP contribution in [0.4, 0.5) is 5.69 Å². The number of hydrogen-bond acceptors (Lipinski definition) is 5. The number of hydrogen-bond donors (Lipinski definition) is 0. The van der Waals surface area contributed by atoms with E-state index in [-0.39, 0.29) is 12.4 Å². The Morgan fingerprint density at radius 2 is 1.71 bits per heavy atom. The van der Waals surface area contributed by atoms with Crippen LogP contribution in [0.25, 0.3) is 0 Å². The van der Waals surface area contributed by atoms with Gasteiger partial charge in [-0.1, -0.05) is 38.1 Å². The maximum Gasteiger partial charge on any atom is 0.338 e. The predicted octanol–water partition coefficient (Wildman–Crippen LogP) is 3.17. The summed E-state index contributed by atoms with van der Waals surface area (Å²) in [6.07, 6.45) is 1.69. The van der Waals surface area contributed by atoms with Crippen molar-refractivity contribution in [2.75, 3.05) is 23.7 Å². The molecular weight excluding hydrogens is 378 g/mol. The Morgan fingerprint density at radius 1 is 1.07 bits per heavy atom. The Bertz CT molecular complexity index is 1010. The summed E-state index contributed by atoms with van der Waals surface area (Å²) in [5.74, 6) is -0.499. The molecule has 0 atom stereocenters. The van der Waals surface area contributed by atoms with Gasteiger partial charge in [0.05, 0.1) is 17.5 Å². The van der Waals surface area contributed by atoms with Crippen molar-refractivity contribution in [3.8, 4) is 0 Å². The zero-order valence-corrected chi connectivity index (χ0v) is 17.0. The highest BCUT2D eigenvalue weighted by atomic mass is 32.2. The fourth-order valence-corrected chi connectivity index (χ4v) is 4.15. The lowest BCUT2D eigenvalue weighted by molar-refractivity contribution is 0.0474. The Labute approximate surface area is 165 Å². The van der Waals surface area contributed by atoms with Gasteiger partial charge in [0.25, 0.3) is 0 Å². The van der Waals surface area contributed by atoms with E-state index in [0.717, 1.165) is 17.4 Å². The highest BCUT2D eigenvalue weighted by Gasteiger charge is 2.27. The zero-order chi connectivity index (χ0) is 20.5. The topological polar surface area (TPSA) is 80.8 Å². The van der Waals surface area contributed by atoms with E-state index in [2.05, 4.69) is 13.8 Å². The second-order valence-corrected chi connectivity index (χ2v) is 9.11. The van der Waals surface area contributed by atoms with Crippen LogP contribution in [0.1, 0.15) is 51.6 Å². The largest absolute Gasteiger partial charge is 0.454 e. The SMILES string of the molecule is CC(C)c1ccc(C(=O)COC(=O)c2ccc3c(c2)CCN3S(C)(=O)=O)cc1. The molecular formula is C21H23NO5S. The van der Waals surface area contributed by atoms with Crippen molar-refractivity contribution in [1.82, 2.24) is 0 Å². The molecule has 6 nitrogen and oxygen atoms in total. The number of Topliss-reactive ketones (excluding diaryl/α,β-unsaturated/α-hetero) is 1. The number of carbonyl (C=O) groups excluding carboxylic acids is 2. The minimum atomic E-state index is -3.34. The van der Waals surface area contributed by atoms with Gasteiger partial charge in [0.1, 0.15) is 0 Å². The van der Waals surface area contributed by atoms with Crippen LogP contribution in [0.2, 0.25) is 0 Å². The van der Waals surface area contributed by atoms with Crippen molar-refractivity contribution < 1.29 is 22.7 Å². The number of sulfonamides is 1. The molecule has 0 spiro atoms. The monoisotopic (exact) mass is 401 g/mol. The van der Waals surface area contributed by atoms with Crippen LogP contribution in [0.3, 0.4) is 0 Å². The van der Waals surface area contributed by atoms with Gasteiger partial charge in [-0.15, -0.1) is 0 Å². The molecule has 148 valence electrons. The van der Waals surface area contributed by atoms with E-state index in [4.69, 9.17) is 4.74 Å². The van der Waals surface area contributed by atoms with Crippen LogP contribution in [0, 0.1) is 0 Å². The molecule has 0 unspecified atom stereocenters. The predicted molar refractivity (Wildman–Crippen MR) is 107 cm³/mol. The molecule has 1 aliphatic heterocycles. The van der Waals surface area contributed by atoms with Gasteiger partial charge in [-0.3, -0.25) is 9.10 Å². The van der Waals surface area contributed by atoms with Gasteiger partial charge < -0.3 is 4.74 Å². The highest BCUT2D eigenvalue weighted by Crippen LogP contribution is 2.30. The Balaban J connectivity index is 1.65. The fourth-order valence-electron chi connectivity index (χ4n) is 3.19. The third-order valence-corrected chi connectivity index (χ3v) is 5.98. The number of benzene rings is 2. The van der Waals surface area contributed by atoms with Crippen molar-refractivity contribution >= 4 is 27.5 Å². The van der Waals surface area contributed by atoms with E-state index in [0.29, 0.717) is 35.7 Å². The molecule has 7 heteroatoms. The molecule has 2 aromatic carbocycles. The third kappa shape index (κ3) is 4.25. The normalized spacial score (nSPS) is 13.5. The van der Waals surface area contributed by atoms with Crippen molar-refractivity contribution in [1.29, 1.82) is 0 Å². The molecule has 28 heavy (non-hydrogen) atoms. The maximum atomic E-state index is 12.3. The summed E-state index contributed by atoms with van der Waals surface area (Å²) in [5, 5.41) is 0. The van der Waals surface area contributed by atoms with Gasteiger partial charge in [0, 0.05) is 12.1 Å². The summed E-state index contributed by atoms with van der Waals surface area (Å²) in [4.78, 5) is 24.5. The minimum absolute atomic E-state index is 0.270. The average Bonchev–Trinajstić information content (AvgIpc) is 3.09. The molecule has 1 aliphatic rings. The van der Waals surface area contributed by atoms with Crippen LogP contribution in [-0.2, 0) is 21.2 Å². The first-order valence-electron chi connectivity index (χ1n) is 9.07. The van der Waals surface area contributed by atoms with Gasteiger partial charge in [-0.2, -0.15) is 0 Å². The second kappa shape index (κ2) is 7.75. The third-order valence-electron chi connectivity index (χ3n) is 4.80. The average molecular weight is 401 g/mol. The summed E-state index contributed by atoms with van der Waals surface area (Å²) in [5.41, 5.74) is 3.29. The van der Waals surface area contributed by atoms with E-state index in [9.17, 15) is 18.0 Å². The number of rotatable bonds is 6. The number of esters is 1. The van der Waals surface area contributed by atoms with Crippen molar-refractivity contribution in [3.05, 3.63) is 64.7 Å². The molecule has 0 saturated carbocycles. The van der Waals surface area contributed by atoms with Gasteiger partial charge in [0.2, 0.25) is 10.0 Å². The Kier molecular flexibility index (Phi) is 5.56. The van der Waals surface area contributed by atoms with Crippen LogP contribution >= 0.6 is 0 Å². The van der Waals surface area contributed by atoms with Gasteiger partial charge in [0.15, 0.2) is 12.4 Å². The summed E-state index contributed by atoms with van der Waals surface area (Å²) < 4.78 is 30.0. The number of ketones is 1. The number of anilines is 1. The van der Waals surface area contributed by atoms with E-state index < -0.39 is 16.0 Å². The minimum Gasteiger partial charge on any atom is -0.454 e. The molecule has 0 radical (unpaired) electrons. The molecule has 1 heterocycles. The smallest absolute Gasteiger partial charge is 0.338 e. The molecule has 0 bridgehead atoms. The maximum absolute atomic E-state index is 12.3. The standard InChI is InChI=1S/C21H23NO5S/c1-14(2)15-4-6-16(7-5-15)20(23)13-27-21(24)18-8-9-19-17(12-18)10-11-22(19)28(3,25)26/h4-9,12,14H,10-11,13H2,1-3H3. The Morgan fingerprint density at radius 3 is 2.32 bits per heavy atom. The van der Waals surface area contributed by atoms with Crippen LogP contribution in [0.5, 0.6) is 0 Å². The summed E-state index contributed by atoms with van der Waals surface area (Å²) in [6, 6.07) is 12.0. The van der Waals surface area contributed by atoms with Crippen molar-refractivity contribution in [2.45, 2.75) is 26.2 Å². The van der Waals surface area contributed by atoms with E-state index in [1.807, 2.05) is 12.1 Å². The molecule has 0 amide bonds. The number of ether oxygens (including phenoxy) is 1.